The molecular formula is C21H32O5. The highest BCUT2D eigenvalue weighted by atomic mass is 16.7. The van der Waals surface area contributed by atoms with Crippen molar-refractivity contribution < 1.29 is 24.1 Å². The standard InChI is InChI=1S/C21H32O5/c1-12-9-8-10-13(2)18(12)25-20(23)16(5)17(22)15(4)19-14(3)11-24-21(6,7)26-19/h8-10,14-17,19,22H,11H2,1-7H3/t14-,15+,16+,17+,19+/m1/s1. The summed E-state index contributed by atoms with van der Waals surface area (Å²) >= 11 is 0. The van der Waals surface area contributed by atoms with Gasteiger partial charge in [-0.15, -0.1) is 0 Å². The molecular weight excluding hydrogens is 332 g/mol. The van der Waals surface area contributed by atoms with Crippen LogP contribution in [-0.4, -0.2) is 35.7 Å². The van der Waals surface area contributed by atoms with Gasteiger partial charge in [0.25, 0.3) is 0 Å². The Balaban J connectivity index is 2.07. The molecule has 0 bridgehead atoms. The SMILES string of the molecule is Cc1cccc(C)c1OC(=O)[C@@H](C)[C@@H](O)[C@H](C)[C@H]1OC(C)(C)OC[C@H]1C. The summed E-state index contributed by atoms with van der Waals surface area (Å²) in [6.07, 6.45) is -1.06. The Kier molecular flexibility index (Phi) is 6.48. The molecule has 5 nitrogen and oxygen atoms in total. The lowest BCUT2D eigenvalue weighted by Gasteiger charge is -2.44. The zero-order chi connectivity index (χ0) is 19.6. The van der Waals surface area contributed by atoms with Crippen LogP contribution in [0.15, 0.2) is 18.2 Å². The average molecular weight is 364 g/mol. The third-order valence-electron chi connectivity index (χ3n) is 5.23. The summed E-state index contributed by atoms with van der Waals surface area (Å²) in [7, 11) is 0. The van der Waals surface area contributed by atoms with Gasteiger partial charge in [-0.3, -0.25) is 4.79 Å². The molecule has 1 aromatic carbocycles. The van der Waals surface area contributed by atoms with Crippen LogP contribution in [0.25, 0.3) is 0 Å². The summed E-state index contributed by atoms with van der Waals surface area (Å²) in [6, 6.07) is 5.73. The molecule has 1 heterocycles. The Labute approximate surface area is 156 Å². The first-order chi connectivity index (χ1) is 12.0. The molecule has 0 aromatic heterocycles. The van der Waals surface area contributed by atoms with Crippen LogP contribution in [0.5, 0.6) is 5.75 Å². The van der Waals surface area contributed by atoms with Crippen LogP contribution in [0.1, 0.15) is 45.7 Å². The average Bonchev–Trinajstić information content (AvgIpc) is 2.58. The fourth-order valence-corrected chi connectivity index (χ4v) is 3.47. The number of carbonyl (C=O) groups excluding carboxylic acids is 1. The molecule has 0 unspecified atom stereocenters. The number of carbonyl (C=O) groups is 1. The predicted octanol–water partition coefficient (Wildman–Crippen LogP) is 3.63. The van der Waals surface area contributed by atoms with E-state index in [4.69, 9.17) is 14.2 Å². The monoisotopic (exact) mass is 364 g/mol. The summed E-state index contributed by atoms with van der Waals surface area (Å²) in [5.41, 5.74) is 1.80. The minimum Gasteiger partial charge on any atom is -0.426 e. The number of aliphatic hydroxyl groups is 1. The van der Waals surface area contributed by atoms with Gasteiger partial charge in [0.1, 0.15) is 5.75 Å². The first-order valence-electron chi connectivity index (χ1n) is 9.31. The number of hydrogen-bond donors (Lipinski definition) is 1. The molecule has 1 N–H and O–H groups in total. The highest BCUT2D eigenvalue weighted by molar-refractivity contribution is 5.76. The van der Waals surface area contributed by atoms with E-state index >= 15 is 0 Å². The largest absolute Gasteiger partial charge is 0.426 e. The maximum Gasteiger partial charge on any atom is 0.316 e. The molecule has 146 valence electrons. The van der Waals surface area contributed by atoms with E-state index in [0.717, 1.165) is 11.1 Å². The van der Waals surface area contributed by atoms with Gasteiger partial charge in [0.05, 0.1) is 24.7 Å². The summed E-state index contributed by atoms with van der Waals surface area (Å²) in [5, 5.41) is 10.8. The van der Waals surface area contributed by atoms with Crippen LogP contribution in [0.4, 0.5) is 0 Å². The quantitative estimate of drug-likeness (QED) is 0.638. The van der Waals surface area contributed by atoms with Crippen molar-refractivity contribution in [3.63, 3.8) is 0 Å². The second kappa shape index (κ2) is 8.07. The molecule has 2 rings (SSSR count). The molecule has 1 aliphatic heterocycles. The fourth-order valence-electron chi connectivity index (χ4n) is 3.47. The maximum atomic E-state index is 12.6. The van der Waals surface area contributed by atoms with E-state index in [9.17, 15) is 9.90 Å². The van der Waals surface area contributed by atoms with E-state index in [1.807, 2.05) is 59.7 Å². The van der Waals surface area contributed by atoms with E-state index in [-0.39, 0.29) is 17.9 Å². The molecule has 1 fully saturated rings. The highest BCUT2D eigenvalue weighted by Crippen LogP contribution is 2.33. The zero-order valence-corrected chi connectivity index (χ0v) is 16.9. The van der Waals surface area contributed by atoms with Crippen LogP contribution in [0.2, 0.25) is 0 Å². The van der Waals surface area contributed by atoms with Crippen LogP contribution >= 0.6 is 0 Å². The third kappa shape index (κ3) is 4.64. The van der Waals surface area contributed by atoms with Gasteiger partial charge < -0.3 is 19.3 Å². The number of rotatable bonds is 5. The highest BCUT2D eigenvalue weighted by Gasteiger charge is 2.42. The Bertz CT molecular complexity index is 619. The number of hydrogen-bond acceptors (Lipinski definition) is 5. The van der Waals surface area contributed by atoms with E-state index in [1.54, 1.807) is 6.92 Å². The van der Waals surface area contributed by atoms with Crippen molar-refractivity contribution >= 4 is 5.97 Å². The van der Waals surface area contributed by atoms with Gasteiger partial charge in [-0.1, -0.05) is 32.0 Å². The number of esters is 1. The Morgan fingerprint density at radius 1 is 1.27 bits per heavy atom. The van der Waals surface area contributed by atoms with Crippen molar-refractivity contribution in [1.29, 1.82) is 0 Å². The van der Waals surface area contributed by atoms with Crippen LogP contribution in [0, 0.1) is 31.6 Å². The normalized spacial score (nSPS) is 26.0. The summed E-state index contributed by atoms with van der Waals surface area (Å²) < 4.78 is 17.3. The molecule has 5 heteroatoms. The van der Waals surface area contributed by atoms with Crippen LogP contribution < -0.4 is 4.74 Å². The molecule has 0 radical (unpaired) electrons. The van der Waals surface area contributed by atoms with Crippen LogP contribution in [-0.2, 0) is 14.3 Å². The second-order valence-electron chi connectivity index (χ2n) is 8.05. The maximum absolute atomic E-state index is 12.6. The first kappa shape index (κ1) is 20.9. The summed E-state index contributed by atoms with van der Waals surface area (Å²) in [4.78, 5) is 12.6. The molecule has 0 amide bonds. The lowest BCUT2D eigenvalue weighted by molar-refractivity contribution is -0.304. The minimum absolute atomic E-state index is 0.134. The zero-order valence-electron chi connectivity index (χ0n) is 16.9. The lowest BCUT2D eigenvalue weighted by Crippen LogP contribution is -2.51. The lowest BCUT2D eigenvalue weighted by atomic mass is 9.83. The van der Waals surface area contributed by atoms with Crippen molar-refractivity contribution in [3.8, 4) is 5.75 Å². The fraction of sp³-hybridized carbons (Fsp3) is 0.667. The van der Waals surface area contributed by atoms with Crippen LogP contribution in [0.3, 0.4) is 0 Å². The summed E-state index contributed by atoms with van der Waals surface area (Å²) in [6.45, 7) is 13.7. The minimum atomic E-state index is -0.867. The van der Waals surface area contributed by atoms with E-state index < -0.39 is 23.8 Å². The molecule has 1 saturated heterocycles. The molecule has 0 saturated carbocycles. The molecule has 1 aromatic rings. The number of benzene rings is 1. The van der Waals surface area contributed by atoms with Gasteiger partial charge in [0, 0.05) is 11.8 Å². The second-order valence-corrected chi connectivity index (χ2v) is 8.05. The van der Waals surface area contributed by atoms with Crippen molar-refractivity contribution in [2.75, 3.05) is 6.61 Å². The van der Waals surface area contributed by atoms with Crippen molar-refractivity contribution in [2.45, 2.75) is 66.5 Å². The number of aliphatic hydroxyl groups excluding tert-OH is 1. The number of para-hydroxylation sites is 1. The van der Waals surface area contributed by atoms with Gasteiger partial charge in [-0.05, 0) is 45.7 Å². The van der Waals surface area contributed by atoms with Gasteiger partial charge in [0.2, 0.25) is 0 Å². The Morgan fingerprint density at radius 3 is 2.42 bits per heavy atom. The van der Waals surface area contributed by atoms with E-state index in [0.29, 0.717) is 12.4 Å². The number of aryl methyl sites for hydroxylation is 2. The summed E-state index contributed by atoms with van der Waals surface area (Å²) in [5.74, 6) is -1.30. The third-order valence-corrected chi connectivity index (χ3v) is 5.23. The van der Waals surface area contributed by atoms with Gasteiger partial charge >= 0.3 is 5.97 Å². The Hall–Kier alpha value is -1.43. The number of ether oxygens (including phenoxy) is 3. The van der Waals surface area contributed by atoms with Crippen molar-refractivity contribution in [1.82, 2.24) is 0 Å². The molecule has 5 atom stereocenters. The van der Waals surface area contributed by atoms with Gasteiger partial charge in [-0.2, -0.15) is 0 Å². The smallest absolute Gasteiger partial charge is 0.316 e. The van der Waals surface area contributed by atoms with Crippen molar-refractivity contribution in [2.24, 2.45) is 17.8 Å². The van der Waals surface area contributed by atoms with Crippen molar-refractivity contribution in [3.05, 3.63) is 29.3 Å². The molecule has 0 spiro atoms. The molecule has 0 aliphatic carbocycles. The predicted molar refractivity (Wildman–Crippen MR) is 100.0 cm³/mol. The van der Waals surface area contributed by atoms with Gasteiger partial charge in [-0.25, -0.2) is 0 Å². The van der Waals surface area contributed by atoms with E-state index in [1.165, 1.54) is 0 Å². The topological polar surface area (TPSA) is 65.0 Å². The van der Waals surface area contributed by atoms with E-state index in [2.05, 4.69) is 0 Å². The molecule has 26 heavy (non-hydrogen) atoms. The first-order valence-corrected chi connectivity index (χ1v) is 9.31. The molecule has 1 aliphatic rings. The Morgan fingerprint density at radius 2 is 1.85 bits per heavy atom. The van der Waals surface area contributed by atoms with Gasteiger partial charge in [0.15, 0.2) is 5.79 Å².